The summed E-state index contributed by atoms with van der Waals surface area (Å²) < 4.78 is 11.3. The predicted molar refractivity (Wildman–Crippen MR) is 77.2 cm³/mol. The molecule has 0 radical (unpaired) electrons. The average molecular weight is 331 g/mol. The van der Waals surface area contributed by atoms with Crippen LogP contribution in [0.1, 0.15) is 30.9 Å². The second-order valence-corrected chi connectivity index (χ2v) is 5.04. The van der Waals surface area contributed by atoms with Crippen molar-refractivity contribution in [2.45, 2.75) is 25.3 Å². The van der Waals surface area contributed by atoms with Crippen molar-refractivity contribution in [2.75, 3.05) is 14.2 Å². The Balaban J connectivity index is 2.88. The summed E-state index contributed by atoms with van der Waals surface area (Å²) >= 11 is 3.47. The van der Waals surface area contributed by atoms with Crippen LogP contribution in [0.15, 0.2) is 16.6 Å². The Labute approximate surface area is 121 Å². The van der Waals surface area contributed by atoms with Crippen LogP contribution in [0.5, 0.6) is 11.5 Å². The molecule has 19 heavy (non-hydrogen) atoms. The van der Waals surface area contributed by atoms with Gasteiger partial charge in [0.05, 0.1) is 14.2 Å². The van der Waals surface area contributed by atoms with Gasteiger partial charge in [-0.05, 0) is 18.9 Å². The Morgan fingerprint density at radius 3 is 2.58 bits per heavy atom. The van der Waals surface area contributed by atoms with Crippen LogP contribution in [0.25, 0.3) is 0 Å². The third-order valence-corrected chi connectivity index (χ3v) is 3.49. The van der Waals surface area contributed by atoms with E-state index >= 15 is 0 Å². The normalized spacial score (nSPS) is 12.0. The molecule has 0 saturated carbocycles. The van der Waals surface area contributed by atoms with Crippen LogP contribution in [-0.4, -0.2) is 20.1 Å². The second kappa shape index (κ2) is 7.35. The lowest BCUT2D eigenvalue weighted by Crippen LogP contribution is -2.15. The standard InChI is InChI=1S/C13H19BrN2O3/c1-18-8-6-9(14)13(11(7-8)19-2)10(15)4-3-5-12(16)17/h6-7,10H,3-5,15H2,1-2H3,(H2,16,17). The number of halogens is 1. The monoisotopic (exact) mass is 330 g/mol. The Bertz CT molecular complexity index is 452. The van der Waals surface area contributed by atoms with E-state index < -0.39 is 0 Å². The molecule has 0 aromatic heterocycles. The summed E-state index contributed by atoms with van der Waals surface area (Å²) in [6, 6.07) is 3.40. The van der Waals surface area contributed by atoms with E-state index in [1.807, 2.05) is 6.07 Å². The molecule has 1 aromatic rings. The minimum atomic E-state index is -0.312. The molecule has 0 spiro atoms. The summed E-state index contributed by atoms with van der Waals surface area (Å²) in [6.07, 6.45) is 1.64. The molecule has 1 atom stereocenters. The Kier molecular flexibility index (Phi) is 6.11. The van der Waals surface area contributed by atoms with Gasteiger partial charge in [-0.1, -0.05) is 15.9 Å². The second-order valence-electron chi connectivity index (χ2n) is 4.19. The number of amides is 1. The molecule has 1 amide bonds. The van der Waals surface area contributed by atoms with Gasteiger partial charge < -0.3 is 20.9 Å². The zero-order valence-corrected chi connectivity index (χ0v) is 12.7. The average Bonchev–Trinajstić information content (AvgIpc) is 2.36. The maximum atomic E-state index is 10.7. The van der Waals surface area contributed by atoms with Crippen molar-refractivity contribution in [3.05, 3.63) is 22.2 Å². The molecule has 0 bridgehead atoms. The molecule has 0 aliphatic heterocycles. The fourth-order valence-corrected chi connectivity index (χ4v) is 2.57. The van der Waals surface area contributed by atoms with Gasteiger partial charge in [0.25, 0.3) is 0 Å². The molecule has 5 nitrogen and oxygen atoms in total. The number of carbonyl (C=O) groups is 1. The number of hydrogen-bond donors (Lipinski definition) is 2. The SMILES string of the molecule is COc1cc(Br)c(C(N)CCCC(N)=O)c(OC)c1. The summed E-state index contributed by atoms with van der Waals surface area (Å²) in [5.41, 5.74) is 12.1. The van der Waals surface area contributed by atoms with E-state index in [4.69, 9.17) is 20.9 Å². The first kappa shape index (κ1) is 15.8. The fourth-order valence-electron chi connectivity index (χ4n) is 1.86. The van der Waals surface area contributed by atoms with Crippen molar-refractivity contribution < 1.29 is 14.3 Å². The minimum absolute atomic E-state index is 0.227. The molecule has 0 saturated heterocycles. The highest BCUT2D eigenvalue weighted by Crippen LogP contribution is 2.37. The van der Waals surface area contributed by atoms with Gasteiger partial charge >= 0.3 is 0 Å². The van der Waals surface area contributed by atoms with Crippen LogP contribution in [0.4, 0.5) is 0 Å². The van der Waals surface area contributed by atoms with E-state index in [0.29, 0.717) is 30.8 Å². The smallest absolute Gasteiger partial charge is 0.217 e. The first-order chi connectivity index (χ1) is 8.99. The first-order valence-corrected chi connectivity index (χ1v) is 6.74. The van der Waals surface area contributed by atoms with Gasteiger partial charge in [0, 0.05) is 28.6 Å². The lowest BCUT2D eigenvalue weighted by molar-refractivity contribution is -0.118. The number of nitrogens with two attached hydrogens (primary N) is 2. The van der Waals surface area contributed by atoms with E-state index in [9.17, 15) is 4.79 Å². The number of carbonyl (C=O) groups excluding carboxylic acids is 1. The quantitative estimate of drug-likeness (QED) is 0.801. The van der Waals surface area contributed by atoms with E-state index in [1.54, 1.807) is 20.3 Å². The van der Waals surface area contributed by atoms with E-state index in [1.165, 1.54) is 0 Å². The van der Waals surface area contributed by atoms with Crippen molar-refractivity contribution in [2.24, 2.45) is 11.5 Å². The largest absolute Gasteiger partial charge is 0.497 e. The van der Waals surface area contributed by atoms with Crippen LogP contribution >= 0.6 is 15.9 Å². The maximum Gasteiger partial charge on any atom is 0.217 e. The van der Waals surface area contributed by atoms with Crippen LogP contribution in [0.2, 0.25) is 0 Å². The summed E-state index contributed by atoms with van der Waals surface area (Å²) in [4.78, 5) is 10.7. The number of methoxy groups -OCH3 is 2. The number of hydrogen-bond acceptors (Lipinski definition) is 4. The van der Waals surface area contributed by atoms with Crippen LogP contribution in [0, 0.1) is 0 Å². The molecule has 1 aromatic carbocycles. The molecule has 4 N–H and O–H groups in total. The van der Waals surface area contributed by atoms with Crippen LogP contribution in [-0.2, 0) is 4.79 Å². The molecule has 106 valence electrons. The fraction of sp³-hybridized carbons (Fsp3) is 0.462. The highest BCUT2D eigenvalue weighted by molar-refractivity contribution is 9.10. The number of benzene rings is 1. The molecule has 0 heterocycles. The van der Waals surface area contributed by atoms with Crippen LogP contribution in [0.3, 0.4) is 0 Å². The molecule has 6 heteroatoms. The molecule has 1 unspecified atom stereocenters. The lowest BCUT2D eigenvalue weighted by atomic mass is 10.0. The highest BCUT2D eigenvalue weighted by atomic mass is 79.9. The Morgan fingerprint density at radius 2 is 2.05 bits per heavy atom. The molecule has 0 aliphatic carbocycles. The third kappa shape index (κ3) is 4.40. The van der Waals surface area contributed by atoms with E-state index in [0.717, 1.165) is 10.0 Å². The Hall–Kier alpha value is -1.27. The van der Waals surface area contributed by atoms with Crippen molar-refractivity contribution >= 4 is 21.8 Å². The first-order valence-electron chi connectivity index (χ1n) is 5.95. The number of ether oxygens (including phenoxy) is 2. The topological polar surface area (TPSA) is 87.6 Å². The summed E-state index contributed by atoms with van der Waals surface area (Å²) in [5, 5.41) is 0. The number of rotatable bonds is 7. The summed E-state index contributed by atoms with van der Waals surface area (Å²) in [7, 11) is 3.18. The maximum absolute atomic E-state index is 10.7. The van der Waals surface area contributed by atoms with E-state index in [-0.39, 0.29) is 11.9 Å². The predicted octanol–water partition coefficient (Wildman–Crippen LogP) is 2.12. The summed E-state index contributed by atoms with van der Waals surface area (Å²) in [5.74, 6) is 1.04. The molecule has 0 fully saturated rings. The van der Waals surface area contributed by atoms with Gasteiger partial charge in [-0.15, -0.1) is 0 Å². The van der Waals surface area contributed by atoms with Crippen molar-refractivity contribution in [1.29, 1.82) is 0 Å². The number of primary amides is 1. The van der Waals surface area contributed by atoms with Gasteiger partial charge in [0.2, 0.25) is 5.91 Å². The molecular weight excluding hydrogens is 312 g/mol. The van der Waals surface area contributed by atoms with Gasteiger partial charge in [-0.3, -0.25) is 4.79 Å². The van der Waals surface area contributed by atoms with Crippen LogP contribution < -0.4 is 20.9 Å². The highest BCUT2D eigenvalue weighted by Gasteiger charge is 2.17. The van der Waals surface area contributed by atoms with Gasteiger partial charge in [0.15, 0.2) is 0 Å². The Morgan fingerprint density at radius 1 is 1.37 bits per heavy atom. The molecular formula is C13H19BrN2O3. The van der Waals surface area contributed by atoms with Gasteiger partial charge in [-0.2, -0.15) is 0 Å². The molecule has 0 aliphatic rings. The minimum Gasteiger partial charge on any atom is -0.497 e. The zero-order chi connectivity index (χ0) is 14.4. The van der Waals surface area contributed by atoms with Crippen molar-refractivity contribution in [3.63, 3.8) is 0 Å². The van der Waals surface area contributed by atoms with Crippen molar-refractivity contribution in [1.82, 2.24) is 0 Å². The molecule has 1 rings (SSSR count). The van der Waals surface area contributed by atoms with E-state index in [2.05, 4.69) is 15.9 Å². The zero-order valence-electron chi connectivity index (χ0n) is 11.1. The lowest BCUT2D eigenvalue weighted by Gasteiger charge is -2.18. The summed E-state index contributed by atoms with van der Waals surface area (Å²) in [6.45, 7) is 0. The third-order valence-electron chi connectivity index (χ3n) is 2.83. The van der Waals surface area contributed by atoms with Gasteiger partial charge in [0.1, 0.15) is 11.5 Å². The van der Waals surface area contributed by atoms with Gasteiger partial charge in [-0.25, -0.2) is 0 Å². The van der Waals surface area contributed by atoms with Crippen molar-refractivity contribution in [3.8, 4) is 11.5 Å².